The molecule has 0 saturated carbocycles. The normalized spacial score (nSPS) is 13.6. The Kier molecular flexibility index (Phi) is 7.39. The lowest BCUT2D eigenvalue weighted by Crippen LogP contribution is -2.36. The molecule has 2 amide bonds. The van der Waals surface area contributed by atoms with Crippen molar-refractivity contribution in [1.82, 2.24) is 20.3 Å². The van der Waals surface area contributed by atoms with Crippen LogP contribution < -0.4 is 15.5 Å². The van der Waals surface area contributed by atoms with Gasteiger partial charge in [-0.05, 0) is 48.7 Å². The molecule has 0 aliphatic carbocycles. The average molecular weight is 495 g/mol. The summed E-state index contributed by atoms with van der Waals surface area (Å²) in [5.74, 6) is -1.41. The summed E-state index contributed by atoms with van der Waals surface area (Å²) in [7, 11) is 0. The maximum absolute atomic E-state index is 13.2. The molecular formula is C25H30N6O5. The third-order valence-electron chi connectivity index (χ3n) is 5.93. The molecule has 0 atom stereocenters. The predicted octanol–water partition coefficient (Wildman–Crippen LogP) is 2.64. The van der Waals surface area contributed by atoms with Gasteiger partial charge < -0.3 is 30.5 Å². The van der Waals surface area contributed by atoms with E-state index in [0.717, 1.165) is 18.8 Å². The number of morpholine rings is 1. The summed E-state index contributed by atoms with van der Waals surface area (Å²) in [5, 5.41) is 34.2. The summed E-state index contributed by atoms with van der Waals surface area (Å²) in [6.45, 7) is 8.76. The van der Waals surface area contributed by atoms with Gasteiger partial charge in [-0.15, -0.1) is 5.10 Å². The van der Waals surface area contributed by atoms with Gasteiger partial charge in [0.15, 0.2) is 11.5 Å². The number of benzene rings is 2. The second-order valence-electron chi connectivity index (χ2n) is 8.71. The molecule has 190 valence electrons. The van der Waals surface area contributed by atoms with Crippen molar-refractivity contribution in [2.45, 2.75) is 26.7 Å². The Bertz CT molecular complexity index is 1250. The van der Waals surface area contributed by atoms with Crippen molar-refractivity contribution in [3.8, 4) is 17.2 Å². The number of ether oxygens (including phenoxy) is 1. The number of nitrogens with one attached hydrogen (secondary N) is 2. The van der Waals surface area contributed by atoms with Gasteiger partial charge in [0.25, 0.3) is 11.8 Å². The second kappa shape index (κ2) is 10.6. The van der Waals surface area contributed by atoms with Crippen molar-refractivity contribution in [2.75, 3.05) is 43.1 Å². The maximum Gasteiger partial charge on any atom is 0.275 e. The number of aromatic nitrogens is 3. The Balaban J connectivity index is 1.68. The minimum Gasteiger partial charge on any atom is -0.508 e. The third kappa shape index (κ3) is 5.10. The van der Waals surface area contributed by atoms with Gasteiger partial charge in [0, 0.05) is 37.0 Å². The summed E-state index contributed by atoms with van der Waals surface area (Å²) in [4.78, 5) is 28.0. The van der Waals surface area contributed by atoms with Crippen molar-refractivity contribution >= 4 is 23.3 Å². The van der Waals surface area contributed by atoms with E-state index >= 15 is 0 Å². The number of hydrogen-bond acceptors (Lipinski definition) is 8. The highest BCUT2D eigenvalue weighted by Gasteiger charge is 2.25. The summed E-state index contributed by atoms with van der Waals surface area (Å²) < 4.78 is 6.57. The lowest BCUT2D eigenvalue weighted by atomic mass is 10.0. The van der Waals surface area contributed by atoms with E-state index in [1.54, 1.807) is 25.1 Å². The quantitative estimate of drug-likeness (QED) is 0.393. The second-order valence-corrected chi connectivity index (χ2v) is 8.71. The molecule has 1 aliphatic heterocycles. The number of phenolic OH excluding ortho intramolecular Hbond substituents is 2. The lowest BCUT2D eigenvalue weighted by molar-refractivity contribution is 0.0951. The van der Waals surface area contributed by atoms with Crippen LogP contribution in [0, 0.1) is 0 Å². The molecule has 1 aliphatic rings. The maximum atomic E-state index is 13.2. The highest BCUT2D eigenvalue weighted by molar-refractivity contribution is 6.08. The fourth-order valence-electron chi connectivity index (χ4n) is 4.00. The van der Waals surface area contributed by atoms with Gasteiger partial charge in [-0.3, -0.25) is 9.59 Å². The first kappa shape index (κ1) is 25.0. The zero-order valence-corrected chi connectivity index (χ0v) is 20.5. The molecular weight excluding hydrogens is 464 g/mol. The molecule has 0 unspecified atom stereocenters. The van der Waals surface area contributed by atoms with Crippen molar-refractivity contribution in [1.29, 1.82) is 0 Å². The summed E-state index contributed by atoms with van der Waals surface area (Å²) in [5.41, 5.74) is 1.99. The van der Waals surface area contributed by atoms with E-state index in [1.807, 2.05) is 26.0 Å². The summed E-state index contributed by atoms with van der Waals surface area (Å²) in [6, 6.07) is 9.89. The van der Waals surface area contributed by atoms with Crippen molar-refractivity contribution in [2.24, 2.45) is 0 Å². The molecule has 3 aromatic rings. The van der Waals surface area contributed by atoms with Gasteiger partial charge in [0.2, 0.25) is 0 Å². The molecule has 11 nitrogen and oxygen atoms in total. The van der Waals surface area contributed by atoms with Crippen LogP contribution in [0.5, 0.6) is 11.5 Å². The molecule has 1 aromatic heterocycles. The first-order chi connectivity index (χ1) is 17.3. The minimum atomic E-state index is -0.524. The van der Waals surface area contributed by atoms with E-state index in [9.17, 15) is 19.8 Å². The smallest absolute Gasteiger partial charge is 0.275 e. The van der Waals surface area contributed by atoms with Crippen LogP contribution in [0.3, 0.4) is 0 Å². The zero-order valence-electron chi connectivity index (χ0n) is 20.5. The van der Waals surface area contributed by atoms with Gasteiger partial charge >= 0.3 is 0 Å². The Morgan fingerprint density at radius 1 is 1.06 bits per heavy atom. The number of anilines is 2. The van der Waals surface area contributed by atoms with E-state index in [-0.39, 0.29) is 34.6 Å². The zero-order chi connectivity index (χ0) is 25.8. The fourth-order valence-corrected chi connectivity index (χ4v) is 4.00. The third-order valence-corrected chi connectivity index (χ3v) is 5.93. The highest BCUT2D eigenvalue weighted by Crippen LogP contribution is 2.35. The molecule has 0 spiro atoms. The number of aromatic hydroxyl groups is 2. The Hall–Kier alpha value is -4.12. The van der Waals surface area contributed by atoms with Crippen LogP contribution in [0.25, 0.3) is 5.69 Å². The Labute approximate surface area is 208 Å². The van der Waals surface area contributed by atoms with Crippen LogP contribution in [0.4, 0.5) is 11.5 Å². The van der Waals surface area contributed by atoms with Crippen LogP contribution in [-0.2, 0) is 4.74 Å². The SMILES string of the molecule is CCNC(=O)c1nnn(-c2cc(C(C)C)c(O)cc2O)c1NC(=O)c1ccc(N2CCOCC2)cc1. The van der Waals surface area contributed by atoms with E-state index < -0.39 is 11.8 Å². The average Bonchev–Trinajstić information content (AvgIpc) is 3.28. The molecule has 4 rings (SSSR count). The van der Waals surface area contributed by atoms with Crippen LogP contribution in [0.1, 0.15) is 53.1 Å². The topological polar surface area (TPSA) is 142 Å². The number of carbonyl (C=O) groups is 2. The molecule has 1 saturated heterocycles. The predicted molar refractivity (Wildman–Crippen MR) is 134 cm³/mol. The summed E-state index contributed by atoms with van der Waals surface area (Å²) in [6.07, 6.45) is 0. The Morgan fingerprint density at radius 3 is 2.39 bits per heavy atom. The monoisotopic (exact) mass is 494 g/mol. The number of rotatable bonds is 7. The van der Waals surface area contributed by atoms with Crippen LogP contribution in [0.2, 0.25) is 0 Å². The van der Waals surface area contributed by atoms with Crippen molar-refractivity contribution in [3.05, 3.63) is 53.2 Å². The van der Waals surface area contributed by atoms with Crippen molar-refractivity contribution in [3.63, 3.8) is 0 Å². The molecule has 0 bridgehead atoms. The molecule has 2 aromatic carbocycles. The standard InChI is InChI=1S/C25H30N6O5/c1-4-26-25(35)22-23(31(29-28-22)19-13-18(15(2)3)20(32)14-21(19)33)27-24(34)16-5-7-17(8-6-16)30-9-11-36-12-10-30/h5-8,13-15,32-33H,4,9-12H2,1-3H3,(H,26,35)(H,27,34). The van der Waals surface area contributed by atoms with Crippen LogP contribution >= 0.6 is 0 Å². The molecule has 11 heteroatoms. The number of phenols is 2. The summed E-state index contributed by atoms with van der Waals surface area (Å²) >= 11 is 0. The van der Waals surface area contributed by atoms with E-state index in [1.165, 1.54) is 10.7 Å². The largest absolute Gasteiger partial charge is 0.508 e. The number of nitrogens with zero attached hydrogens (tertiary/aromatic N) is 4. The van der Waals surface area contributed by atoms with Gasteiger partial charge in [-0.1, -0.05) is 19.1 Å². The van der Waals surface area contributed by atoms with Crippen molar-refractivity contribution < 1.29 is 24.5 Å². The minimum absolute atomic E-state index is 0.00102. The molecule has 0 radical (unpaired) electrons. The molecule has 1 fully saturated rings. The van der Waals surface area contributed by atoms with E-state index in [4.69, 9.17) is 4.74 Å². The van der Waals surface area contributed by atoms with E-state index in [0.29, 0.717) is 30.9 Å². The first-order valence-corrected chi connectivity index (χ1v) is 11.8. The van der Waals surface area contributed by atoms with Gasteiger partial charge in [0.05, 0.1) is 13.2 Å². The van der Waals surface area contributed by atoms with Gasteiger partial charge in [0.1, 0.15) is 17.2 Å². The number of hydrogen-bond donors (Lipinski definition) is 4. The lowest BCUT2D eigenvalue weighted by Gasteiger charge is -2.28. The molecule has 2 heterocycles. The fraction of sp³-hybridized carbons (Fsp3) is 0.360. The molecule has 4 N–H and O–H groups in total. The Morgan fingerprint density at radius 2 is 1.75 bits per heavy atom. The number of amides is 2. The van der Waals surface area contributed by atoms with Crippen LogP contribution in [-0.4, -0.2) is 69.9 Å². The van der Waals surface area contributed by atoms with Gasteiger partial charge in [-0.25, -0.2) is 0 Å². The molecule has 36 heavy (non-hydrogen) atoms. The highest BCUT2D eigenvalue weighted by atomic mass is 16.5. The first-order valence-electron chi connectivity index (χ1n) is 11.8. The van der Waals surface area contributed by atoms with Gasteiger partial charge in [-0.2, -0.15) is 4.68 Å². The van der Waals surface area contributed by atoms with E-state index in [2.05, 4.69) is 25.8 Å². The van der Waals surface area contributed by atoms with Crippen LogP contribution in [0.15, 0.2) is 36.4 Å². The number of carbonyl (C=O) groups excluding carboxylic acids is 2.